The molecule has 0 spiro atoms. The molecule has 0 aromatic heterocycles. The van der Waals surface area contributed by atoms with Crippen LogP contribution in [0.2, 0.25) is 0 Å². The van der Waals surface area contributed by atoms with Gasteiger partial charge in [-0.05, 0) is 42.1 Å². The number of carbonyl (C=O) groups is 1. The summed E-state index contributed by atoms with van der Waals surface area (Å²) in [5.41, 5.74) is 3.73. The molecular weight excluding hydrogens is 350 g/mol. The van der Waals surface area contributed by atoms with Crippen molar-refractivity contribution in [1.29, 1.82) is 0 Å². The van der Waals surface area contributed by atoms with Crippen LogP contribution in [-0.4, -0.2) is 12.3 Å². The molecule has 122 valence electrons. The van der Waals surface area contributed by atoms with Gasteiger partial charge in [-0.25, -0.2) is 0 Å². The lowest BCUT2D eigenvalue weighted by molar-refractivity contribution is -0.114. The maximum atomic E-state index is 12.5. The average Bonchev–Trinajstić information content (AvgIpc) is 2.83. The van der Waals surface area contributed by atoms with Crippen molar-refractivity contribution in [3.63, 3.8) is 0 Å². The van der Waals surface area contributed by atoms with Crippen molar-refractivity contribution < 1.29 is 4.79 Å². The van der Waals surface area contributed by atoms with E-state index in [0.29, 0.717) is 18.1 Å². The van der Waals surface area contributed by atoms with Gasteiger partial charge in [-0.3, -0.25) is 4.79 Å². The van der Waals surface area contributed by atoms with Crippen LogP contribution in [0, 0.1) is 11.3 Å². The third-order valence-electron chi connectivity index (χ3n) is 5.47. The van der Waals surface area contributed by atoms with E-state index in [0.717, 1.165) is 31.4 Å². The molecule has 2 unspecified atom stereocenters. The second kappa shape index (κ2) is 7.04. The van der Waals surface area contributed by atoms with Gasteiger partial charge in [-0.15, -0.1) is 0 Å². The summed E-state index contributed by atoms with van der Waals surface area (Å²) in [5.74, 6) is 0.698. The van der Waals surface area contributed by atoms with E-state index in [1.54, 1.807) is 0 Å². The molecular formula is C20H24BrNO. The van der Waals surface area contributed by atoms with Crippen molar-refractivity contribution in [3.05, 3.63) is 58.2 Å². The summed E-state index contributed by atoms with van der Waals surface area (Å²) in [5, 5.41) is 3.38. The topological polar surface area (TPSA) is 29.1 Å². The van der Waals surface area contributed by atoms with Crippen LogP contribution in [0.5, 0.6) is 0 Å². The first-order chi connectivity index (χ1) is 11.1. The average molecular weight is 374 g/mol. The molecule has 0 saturated heterocycles. The zero-order chi connectivity index (χ0) is 16.3. The summed E-state index contributed by atoms with van der Waals surface area (Å²) < 4.78 is 0. The second-order valence-corrected chi connectivity index (χ2v) is 7.34. The molecule has 23 heavy (non-hydrogen) atoms. The van der Waals surface area contributed by atoms with Gasteiger partial charge in [-0.2, -0.15) is 0 Å². The van der Waals surface area contributed by atoms with E-state index in [1.807, 2.05) is 17.3 Å². The Balaban J connectivity index is 1.68. The van der Waals surface area contributed by atoms with Crippen LogP contribution in [0.25, 0.3) is 0 Å². The van der Waals surface area contributed by atoms with Crippen LogP contribution < -0.4 is 5.32 Å². The van der Waals surface area contributed by atoms with Crippen molar-refractivity contribution in [3.8, 4) is 0 Å². The van der Waals surface area contributed by atoms with Crippen molar-refractivity contribution in [2.45, 2.75) is 39.0 Å². The summed E-state index contributed by atoms with van der Waals surface area (Å²) >= 11 is 3.49. The van der Waals surface area contributed by atoms with E-state index in [-0.39, 0.29) is 5.41 Å². The number of hydrogen-bond donors (Lipinski definition) is 1. The zero-order valence-corrected chi connectivity index (χ0v) is 15.2. The predicted molar refractivity (Wildman–Crippen MR) is 98.3 cm³/mol. The maximum absolute atomic E-state index is 12.5. The molecule has 0 bridgehead atoms. The molecule has 0 radical (unpaired) electrons. The lowest BCUT2D eigenvalue weighted by Gasteiger charge is -2.38. The number of Topliss-reactive ketones (excluding diaryl/α,β-unsaturated/α-hetero) is 1. The highest BCUT2D eigenvalue weighted by atomic mass is 79.9. The standard InChI is InChI=1S/C20H24BrNO/c1-20-10-5-8-16(13-21)17(20)12-19(23)18(20)14-22-11-9-15-6-3-2-4-7-15/h2-4,6-7,13-14,17,22H,5,8-12H2,1H3/b16-13+,18-14+. The highest BCUT2D eigenvalue weighted by molar-refractivity contribution is 9.11. The number of benzene rings is 1. The van der Waals surface area contributed by atoms with Crippen LogP contribution in [0.4, 0.5) is 0 Å². The molecule has 1 aromatic rings. The van der Waals surface area contributed by atoms with Gasteiger partial charge in [0, 0.05) is 30.2 Å². The monoisotopic (exact) mass is 373 g/mol. The summed E-state index contributed by atoms with van der Waals surface area (Å²) in [6.07, 6.45) is 7.04. The fourth-order valence-corrected chi connectivity index (χ4v) is 4.67. The van der Waals surface area contributed by atoms with Gasteiger partial charge in [0.1, 0.15) is 0 Å². The minimum absolute atomic E-state index is 0.00861. The van der Waals surface area contributed by atoms with Gasteiger partial charge >= 0.3 is 0 Å². The van der Waals surface area contributed by atoms with Gasteiger partial charge < -0.3 is 5.32 Å². The molecule has 0 heterocycles. The smallest absolute Gasteiger partial charge is 0.161 e. The molecule has 0 amide bonds. The van der Waals surface area contributed by atoms with Gasteiger partial charge in [0.15, 0.2) is 5.78 Å². The SMILES string of the molecule is CC12CCC/C(=C\Br)C1CC(=O)/C2=C\NCCc1ccccc1. The van der Waals surface area contributed by atoms with Gasteiger partial charge in [0.05, 0.1) is 0 Å². The number of allylic oxidation sites excluding steroid dienone is 2. The normalized spacial score (nSPS) is 30.7. The predicted octanol–water partition coefficient (Wildman–Crippen LogP) is 4.76. The minimum Gasteiger partial charge on any atom is -0.390 e. The molecule has 1 N–H and O–H groups in total. The van der Waals surface area contributed by atoms with E-state index < -0.39 is 0 Å². The molecule has 2 fully saturated rings. The number of halogens is 1. The van der Waals surface area contributed by atoms with Crippen molar-refractivity contribution in [2.75, 3.05) is 6.54 Å². The maximum Gasteiger partial charge on any atom is 0.161 e. The van der Waals surface area contributed by atoms with E-state index >= 15 is 0 Å². The van der Waals surface area contributed by atoms with Crippen molar-refractivity contribution in [1.82, 2.24) is 5.32 Å². The Bertz CT molecular complexity index is 634. The summed E-state index contributed by atoms with van der Waals surface area (Å²) in [4.78, 5) is 14.6. The molecule has 2 saturated carbocycles. The molecule has 3 heteroatoms. The number of nitrogens with one attached hydrogen (secondary N) is 1. The van der Waals surface area contributed by atoms with Crippen molar-refractivity contribution >= 4 is 21.7 Å². The van der Waals surface area contributed by atoms with E-state index in [1.165, 1.54) is 17.6 Å². The number of ketones is 1. The highest BCUT2D eigenvalue weighted by Crippen LogP contribution is 2.55. The Morgan fingerprint density at radius 3 is 2.87 bits per heavy atom. The zero-order valence-electron chi connectivity index (χ0n) is 13.6. The van der Waals surface area contributed by atoms with Gasteiger partial charge in [-0.1, -0.05) is 58.8 Å². The molecule has 1 aromatic carbocycles. The first-order valence-electron chi connectivity index (χ1n) is 8.45. The van der Waals surface area contributed by atoms with Crippen LogP contribution >= 0.6 is 15.9 Å². The second-order valence-electron chi connectivity index (χ2n) is 6.88. The fraction of sp³-hybridized carbons (Fsp3) is 0.450. The largest absolute Gasteiger partial charge is 0.390 e. The highest BCUT2D eigenvalue weighted by Gasteiger charge is 2.50. The van der Waals surface area contributed by atoms with Crippen LogP contribution in [-0.2, 0) is 11.2 Å². The fourth-order valence-electron chi connectivity index (χ4n) is 4.12. The lowest BCUT2D eigenvalue weighted by atomic mass is 9.66. The van der Waals surface area contributed by atoms with E-state index in [9.17, 15) is 4.79 Å². The number of fused-ring (bicyclic) bond motifs is 1. The Morgan fingerprint density at radius 1 is 1.35 bits per heavy atom. The van der Waals surface area contributed by atoms with E-state index in [2.05, 4.69) is 52.4 Å². The third-order valence-corrected chi connectivity index (χ3v) is 6.06. The lowest BCUT2D eigenvalue weighted by Crippen LogP contribution is -2.30. The van der Waals surface area contributed by atoms with Gasteiger partial charge in [0.2, 0.25) is 0 Å². The van der Waals surface area contributed by atoms with Crippen LogP contribution in [0.15, 0.2) is 52.7 Å². The van der Waals surface area contributed by atoms with Crippen LogP contribution in [0.1, 0.15) is 38.2 Å². The summed E-state index contributed by atoms with van der Waals surface area (Å²) in [6.45, 7) is 3.13. The minimum atomic E-state index is 0.00861. The first-order valence-corrected chi connectivity index (χ1v) is 9.37. The van der Waals surface area contributed by atoms with Crippen LogP contribution in [0.3, 0.4) is 0 Å². The number of hydrogen-bond acceptors (Lipinski definition) is 2. The number of rotatable bonds is 4. The molecule has 2 atom stereocenters. The number of carbonyl (C=O) groups excluding carboxylic acids is 1. The van der Waals surface area contributed by atoms with Gasteiger partial charge in [0.25, 0.3) is 0 Å². The molecule has 2 aliphatic rings. The molecule has 2 aliphatic carbocycles. The first kappa shape index (κ1) is 16.5. The summed E-state index contributed by atoms with van der Waals surface area (Å²) in [6, 6.07) is 10.4. The van der Waals surface area contributed by atoms with E-state index in [4.69, 9.17) is 0 Å². The Kier molecular flexibility index (Phi) is 5.05. The molecule has 2 nitrogen and oxygen atoms in total. The molecule has 3 rings (SSSR count). The quantitative estimate of drug-likeness (QED) is 0.608. The Labute approximate surface area is 147 Å². The summed E-state index contributed by atoms with van der Waals surface area (Å²) in [7, 11) is 0. The third kappa shape index (κ3) is 3.30. The Morgan fingerprint density at radius 2 is 2.13 bits per heavy atom. The molecule has 0 aliphatic heterocycles. The van der Waals surface area contributed by atoms with Crippen molar-refractivity contribution in [2.24, 2.45) is 11.3 Å². The Hall–Kier alpha value is -1.35.